The third-order valence-electron chi connectivity index (χ3n) is 4.65. The van der Waals surface area contributed by atoms with Crippen molar-refractivity contribution in [3.05, 3.63) is 24.3 Å². The van der Waals surface area contributed by atoms with Gasteiger partial charge in [0.2, 0.25) is 0 Å². The normalized spacial score (nSPS) is 27.8. The molecule has 0 unspecified atom stereocenters. The van der Waals surface area contributed by atoms with Gasteiger partial charge in [0.1, 0.15) is 5.75 Å². The lowest BCUT2D eigenvalue weighted by atomic mass is 10.1. The molecule has 1 saturated carbocycles. The van der Waals surface area contributed by atoms with Crippen LogP contribution in [0.4, 0.5) is 5.69 Å². The Morgan fingerprint density at radius 1 is 1.10 bits per heavy atom. The Balaban J connectivity index is 1.63. The van der Waals surface area contributed by atoms with Crippen molar-refractivity contribution in [3.8, 4) is 5.75 Å². The number of rotatable bonds is 3. The number of hydrogen-bond acceptors (Lipinski definition) is 4. The van der Waals surface area contributed by atoms with Crippen LogP contribution >= 0.6 is 0 Å². The van der Waals surface area contributed by atoms with E-state index >= 15 is 0 Å². The average molecular weight is 276 g/mol. The topological polar surface area (TPSA) is 35.9 Å². The van der Waals surface area contributed by atoms with Crippen molar-refractivity contribution in [1.29, 1.82) is 0 Å². The predicted octanol–water partition coefficient (Wildman–Crippen LogP) is 1.73. The molecule has 20 heavy (non-hydrogen) atoms. The lowest BCUT2D eigenvalue weighted by Crippen LogP contribution is -2.52. The highest BCUT2D eigenvalue weighted by atomic mass is 16.5. The van der Waals surface area contributed by atoms with Crippen LogP contribution in [0.5, 0.6) is 5.75 Å². The number of methoxy groups -OCH3 is 1. The monoisotopic (exact) mass is 276 g/mol. The number of anilines is 1. The van der Waals surface area contributed by atoms with Crippen molar-refractivity contribution < 1.29 is 9.84 Å². The maximum absolute atomic E-state index is 10.0. The summed E-state index contributed by atoms with van der Waals surface area (Å²) in [6.45, 7) is 4.06. The molecule has 2 aliphatic rings. The first-order chi connectivity index (χ1) is 9.79. The summed E-state index contributed by atoms with van der Waals surface area (Å²) in [4.78, 5) is 4.85. The molecule has 3 rings (SSSR count). The molecule has 4 nitrogen and oxygen atoms in total. The molecular formula is C16H24N2O2. The van der Waals surface area contributed by atoms with Gasteiger partial charge in [-0.05, 0) is 31.4 Å². The van der Waals surface area contributed by atoms with Crippen molar-refractivity contribution in [3.63, 3.8) is 0 Å². The van der Waals surface area contributed by atoms with Crippen LogP contribution in [-0.4, -0.2) is 55.4 Å². The Hall–Kier alpha value is -1.26. The lowest BCUT2D eigenvalue weighted by molar-refractivity contribution is 0.0671. The van der Waals surface area contributed by atoms with Gasteiger partial charge < -0.3 is 14.7 Å². The highest BCUT2D eigenvalue weighted by Crippen LogP contribution is 2.30. The van der Waals surface area contributed by atoms with E-state index in [1.165, 1.54) is 12.1 Å². The Morgan fingerprint density at radius 3 is 2.50 bits per heavy atom. The Labute approximate surface area is 120 Å². The van der Waals surface area contributed by atoms with E-state index in [2.05, 4.69) is 21.9 Å². The van der Waals surface area contributed by atoms with Crippen LogP contribution in [0.25, 0.3) is 0 Å². The minimum absolute atomic E-state index is 0.118. The minimum atomic E-state index is -0.118. The molecule has 1 N–H and O–H groups in total. The largest absolute Gasteiger partial charge is 0.495 e. The van der Waals surface area contributed by atoms with Crippen LogP contribution < -0.4 is 9.64 Å². The summed E-state index contributed by atoms with van der Waals surface area (Å²) in [6.07, 6.45) is 3.17. The molecule has 2 atom stereocenters. The van der Waals surface area contributed by atoms with Crippen LogP contribution in [0.3, 0.4) is 0 Å². The van der Waals surface area contributed by atoms with E-state index in [9.17, 15) is 5.11 Å². The first kappa shape index (κ1) is 13.7. The van der Waals surface area contributed by atoms with Crippen LogP contribution in [0.1, 0.15) is 19.3 Å². The molecule has 4 heteroatoms. The molecule has 0 aromatic heterocycles. The number of hydrogen-bond donors (Lipinski definition) is 1. The Morgan fingerprint density at radius 2 is 1.85 bits per heavy atom. The van der Waals surface area contributed by atoms with Crippen LogP contribution in [-0.2, 0) is 0 Å². The molecule has 0 amide bonds. The molecule has 1 aliphatic heterocycles. The summed E-state index contributed by atoms with van der Waals surface area (Å²) in [7, 11) is 1.73. The number of nitrogens with zero attached hydrogens (tertiary/aromatic N) is 2. The van der Waals surface area contributed by atoms with Gasteiger partial charge in [0.25, 0.3) is 0 Å². The maximum atomic E-state index is 10.0. The molecule has 2 fully saturated rings. The highest BCUT2D eigenvalue weighted by molar-refractivity contribution is 5.58. The quantitative estimate of drug-likeness (QED) is 0.912. The third kappa shape index (κ3) is 2.63. The van der Waals surface area contributed by atoms with E-state index in [1.807, 2.05) is 12.1 Å². The average Bonchev–Trinajstić information content (AvgIpc) is 2.93. The fourth-order valence-electron chi connectivity index (χ4n) is 3.53. The van der Waals surface area contributed by atoms with Gasteiger partial charge in [-0.1, -0.05) is 12.1 Å². The number of para-hydroxylation sites is 2. The fraction of sp³-hybridized carbons (Fsp3) is 0.625. The fourth-order valence-corrected chi connectivity index (χ4v) is 3.53. The van der Waals surface area contributed by atoms with Gasteiger partial charge in [-0.15, -0.1) is 0 Å². The molecular weight excluding hydrogens is 252 g/mol. The van der Waals surface area contributed by atoms with Crippen molar-refractivity contribution in [2.45, 2.75) is 31.4 Å². The number of ether oxygens (including phenoxy) is 1. The Bertz CT molecular complexity index is 444. The number of aliphatic hydroxyl groups is 1. The van der Waals surface area contributed by atoms with E-state index in [0.717, 1.165) is 44.8 Å². The van der Waals surface area contributed by atoms with Crippen molar-refractivity contribution in [2.24, 2.45) is 0 Å². The van der Waals surface area contributed by atoms with Crippen molar-refractivity contribution in [2.75, 3.05) is 38.2 Å². The van der Waals surface area contributed by atoms with E-state index in [1.54, 1.807) is 7.11 Å². The second kappa shape index (κ2) is 6.02. The summed E-state index contributed by atoms with van der Waals surface area (Å²) in [5, 5.41) is 10.0. The van der Waals surface area contributed by atoms with Crippen molar-refractivity contribution in [1.82, 2.24) is 4.90 Å². The SMILES string of the molecule is COc1ccccc1N1CCN([C@H]2CCC[C@@H]2O)CC1. The van der Waals surface area contributed by atoms with Crippen LogP contribution in [0, 0.1) is 0 Å². The van der Waals surface area contributed by atoms with E-state index < -0.39 is 0 Å². The number of aliphatic hydroxyl groups excluding tert-OH is 1. The second-order valence-electron chi connectivity index (χ2n) is 5.76. The van der Waals surface area contributed by atoms with E-state index in [-0.39, 0.29) is 6.10 Å². The third-order valence-corrected chi connectivity index (χ3v) is 4.65. The number of benzene rings is 1. The number of piperazine rings is 1. The standard InChI is InChI=1S/C16H24N2O2/c1-20-16-8-3-2-5-14(16)18-11-9-17(10-12-18)13-6-4-7-15(13)19/h2-3,5,8,13,15,19H,4,6-7,9-12H2,1H3/t13-,15-/m0/s1. The molecule has 0 spiro atoms. The van der Waals surface area contributed by atoms with Gasteiger partial charge in [0.05, 0.1) is 18.9 Å². The molecule has 1 aliphatic carbocycles. The predicted molar refractivity (Wildman–Crippen MR) is 80.4 cm³/mol. The first-order valence-electron chi connectivity index (χ1n) is 7.59. The van der Waals surface area contributed by atoms with Gasteiger partial charge >= 0.3 is 0 Å². The van der Waals surface area contributed by atoms with E-state index in [0.29, 0.717) is 6.04 Å². The zero-order chi connectivity index (χ0) is 13.9. The smallest absolute Gasteiger partial charge is 0.142 e. The summed E-state index contributed by atoms with van der Waals surface area (Å²) in [5.41, 5.74) is 1.18. The zero-order valence-electron chi connectivity index (χ0n) is 12.2. The molecule has 0 radical (unpaired) electrons. The first-order valence-corrected chi connectivity index (χ1v) is 7.59. The van der Waals surface area contributed by atoms with Gasteiger partial charge in [0.15, 0.2) is 0 Å². The zero-order valence-corrected chi connectivity index (χ0v) is 12.2. The molecule has 1 aromatic rings. The summed E-state index contributed by atoms with van der Waals surface area (Å²) >= 11 is 0. The van der Waals surface area contributed by atoms with Gasteiger partial charge in [-0.25, -0.2) is 0 Å². The summed E-state index contributed by atoms with van der Waals surface area (Å²) < 4.78 is 5.45. The maximum Gasteiger partial charge on any atom is 0.142 e. The van der Waals surface area contributed by atoms with Gasteiger partial charge in [-0.3, -0.25) is 4.90 Å². The van der Waals surface area contributed by atoms with E-state index in [4.69, 9.17) is 4.74 Å². The molecule has 110 valence electrons. The Kier molecular flexibility index (Phi) is 4.13. The lowest BCUT2D eigenvalue weighted by Gasteiger charge is -2.40. The summed E-state index contributed by atoms with van der Waals surface area (Å²) in [6, 6.07) is 8.59. The summed E-state index contributed by atoms with van der Waals surface area (Å²) in [5.74, 6) is 0.946. The van der Waals surface area contributed by atoms with Crippen molar-refractivity contribution >= 4 is 5.69 Å². The highest BCUT2D eigenvalue weighted by Gasteiger charge is 2.32. The van der Waals surface area contributed by atoms with Crippen LogP contribution in [0.2, 0.25) is 0 Å². The molecule has 1 heterocycles. The minimum Gasteiger partial charge on any atom is -0.495 e. The molecule has 1 saturated heterocycles. The molecule has 1 aromatic carbocycles. The van der Waals surface area contributed by atoms with Gasteiger partial charge in [0, 0.05) is 32.2 Å². The molecule has 0 bridgehead atoms. The van der Waals surface area contributed by atoms with Gasteiger partial charge in [-0.2, -0.15) is 0 Å². The van der Waals surface area contributed by atoms with Crippen LogP contribution in [0.15, 0.2) is 24.3 Å². The second-order valence-corrected chi connectivity index (χ2v) is 5.76.